The summed E-state index contributed by atoms with van der Waals surface area (Å²) in [5, 5.41) is 21.0. The van der Waals surface area contributed by atoms with E-state index in [0.717, 1.165) is 26.1 Å². The summed E-state index contributed by atoms with van der Waals surface area (Å²) in [7, 11) is 0. The van der Waals surface area contributed by atoms with E-state index in [1.165, 1.54) is 0 Å². The van der Waals surface area contributed by atoms with Gasteiger partial charge in [-0.3, -0.25) is 0 Å². The van der Waals surface area contributed by atoms with Gasteiger partial charge in [0, 0.05) is 19.0 Å². The third-order valence-electron chi connectivity index (χ3n) is 3.46. The zero-order valence-electron chi connectivity index (χ0n) is 12.0. The van der Waals surface area contributed by atoms with Gasteiger partial charge in [-0.25, -0.2) is 0 Å². The van der Waals surface area contributed by atoms with Gasteiger partial charge < -0.3 is 19.7 Å². The minimum absolute atomic E-state index is 0.278. The van der Waals surface area contributed by atoms with Crippen LogP contribution >= 0.6 is 0 Å². The maximum Gasteiger partial charge on any atom is 0.318 e. The van der Waals surface area contributed by atoms with Crippen LogP contribution in [0.15, 0.2) is 4.42 Å². The number of aromatic nitrogens is 2. The largest absolute Gasteiger partial charge is 0.407 e. The molecule has 0 saturated carbocycles. The number of aliphatic hydroxyl groups is 1. The van der Waals surface area contributed by atoms with Crippen molar-refractivity contribution in [3.63, 3.8) is 0 Å². The van der Waals surface area contributed by atoms with Crippen molar-refractivity contribution in [1.82, 2.24) is 15.5 Å². The molecule has 1 aromatic rings. The lowest BCUT2D eigenvalue weighted by Crippen LogP contribution is -2.24. The first-order valence-electron chi connectivity index (χ1n) is 7.02. The lowest BCUT2D eigenvalue weighted by Gasteiger charge is -2.14. The molecular weight excluding hydrogens is 244 g/mol. The second kappa shape index (κ2) is 6.34. The SMILES string of the molecule is CC(C)CNCc1nnc(N2CCC(C(C)O)C2)o1. The molecule has 1 saturated heterocycles. The van der Waals surface area contributed by atoms with Gasteiger partial charge in [0.2, 0.25) is 5.89 Å². The van der Waals surface area contributed by atoms with Gasteiger partial charge in [0.1, 0.15) is 0 Å². The van der Waals surface area contributed by atoms with Crippen LogP contribution in [0.25, 0.3) is 0 Å². The Morgan fingerprint density at radius 2 is 2.21 bits per heavy atom. The molecule has 108 valence electrons. The van der Waals surface area contributed by atoms with Crippen molar-refractivity contribution >= 4 is 6.01 Å². The molecule has 2 rings (SSSR count). The fraction of sp³-hybridized carbons (Fsp3) is 0.846. The van der Waals surface area contributed by atoms with Gasteiger partial charge in [-0.05, 0) is 25.8 Å². The Kier molecular flexibility index (Phi) is 4.76. The first kappa shape index (κ1) is 14.3. The average molecular weight is 268 g/mol. The summed E-state index contributed by atoms with van der Waals surface area (Å²) in [6.45, 7) is 9.36. The second-order valence-electron chi connectivity index (χ2n) is 5.74. The van der Waals surface area contributed by atoms with Crippen molar-refractivity contribution in [3.05, 3.63) is 5.89 Å². The van der Waals surface area contributed by atoms with Crippen LogP contribution in [-0.4, -0.2) is 41.0 Å². The van der Waals surface area contributed by atoms with Gasteiger partial charge in [0.25, 0.3) is 0 Å². The summed E-state index contributed by atoms with van der Waals surface area (Å²) in [6, 6.07) is 0.574. The fourth-order valence-corrected chi connectivity index (χ4v) is 2.27. The van der Waals surface area contributed by atoms with Crippen LogP contribution in [0.1, 0.15) is 33.1 Å². The van der Waals surface area contributed by atoms with Gasteiger partial charge >= 0.3 is 6.01 Å². The molecule has 2 heterocycles. The van der Waals surface area contributed by atoms with Crippen LogP contribution < -0.4 is 10.2 Å². The molecule has 2 N–H and O–H groups in total. The minimum atomic E-state index is -0.278. The minimum Gasteiger partial charge on any atom is -0.407 e. The number of nitrogens with zero attached hydrogens (tertiary/aromatic N) is 3. The molecule has 1 aromatic heterocycles. The first-order chi connectivity index (χ1) is 9.06. The Labute approximate surface area is 114 Å². The average Bonchev–Trinajstić information content (AvgIpc) is 2.95. The van der Waals surface area contributed by atoms with Crippen LogP contribution in [0, 0.1) is 11.8 Å². The molecule has 0 aliphatic carbocycles. The Bertz CT molecular complexity index is 392. The highest BCUT2D eigenvalue weighted by Crippen LogP contribution is 2.24. The van der Waals surface area contributed by atoms with E-state index in [-0.39, 0.29) is 6.10 Å². The molecule has 0 bridgehead atoms. The third kappa shape index (κ3) is 3.91. The molecule has 0 amide bonds. The molecule has 0 radical (unpaired) electrons. The second-order valence-corrected chi connectivity index (χ2v) is 5.74. The highest BCUT2D eigenvalue weighted by molar-refractivity contribution is 5.26. The lowest BCUT2D eigenvalue weighted by atomic mass is 10.0. The van der Waals surface area contributed by atoms with Crippen LogP contribution in [0.4, 0.5) is 6.01 Å². The maximum atomic E-state index is 9.59. The van der Waals surface area contributed by atoms with Gasteiger partial charge in [-0.1, -0.05) is 18.9 Å². The lowest BCUT2D eigenvalue weighted by molar-refractivity contribution is 0.136. The van der Waals surface area contributed by atoms with Crippen molar-refractivity contribution in [1.29, 1.82) is 0 Å². The third-order valence-corrected chi connectivity index (χ3v) is 3.46. The van der Waals surface area contributed by atoms with Crippen molar-refractivity contribution in [3.8, 4) is 0 Å². The van der Waals surface area contributed by atoms with Crippen LogP contribution in [0.2, 0.25) is 0 Å². The van der Waals surface area contributed by atoms with E-state index in [2.05, 4.69) is 34.3 Å². The standard InChI is InChI=1S/C13H24N4O2/c1-9(2)6-14-7-12-15-16-13(19-12)17-5-4-11(8-17)10(3)18/h9-11,14,18H,4-8H2,1-3H3. The number of hydrogen-bond acceptors (Lipinski definition) is 6. The van der Waals surface area contributed by atoms with E-state index in [4.69, 9.17) is 4.42 Å². The molecular formula is C13H24N4O2. The smallest absolute Gasteiger partial charge is 0.318 e. The number of nitrogens with one attached hydrogen (secondary N) is 1. The Morgan fingerprint density at radius 3 is 2.84 bits per heavy atom. The van der Waals surface area contributed by atoms with E-state index in [9.17, 15) is 5.11 Å². The number of anilines is 1. The van der Waals surface area contributed by atoms with Crippen molar-refractivity contribution in [2.24, 2.45) is 11.8 Å². The van der Waals surface area contributed by atoms with Gasteiger partial charge in [-0.15, -0.1) is 5.10 Å². The summed E-state index contributed by atoms with van der Waals surface area (Å²) in [6.07, 6.45) is 0.696. The summed E-state index contributed by atoms with van der Waals surface area (Å²) in [4.78, 5) is 2.05. The van der Waals surface area contributed by atoms with E-state index < -0.39 is 0 Å². The van der Waals surface area contributed by atoms with Crippen molar-refractivity contribution < 1.29 is 9.52 Å². The summed E-state index contributed by atoms with van der Waals surface area (Å²) in [5.41, 5.74) is 0. The summed E-state index contributed by atoms with van der Waals surface area (Å²) >= 11 is 0. The predicted octanol–water partition coefficient (Wildman–Crippen LogP) is 1.02. The monoisotopic (exact) mass is 268 g/mol. The molecule has 0 aromatic carbocycles. The molecule has 1 aliphatic rings. The molecule has 1 fully saturated rings. The van der Waals surface area contributed by atoms with Crippen molar-refractivity contribution in [2.75, 3.05) is 24.5 Å². The highest BCUT2D eigenvalue weighted by Gasteiger charge is 2.28. The van der Waals surface area contributed by atoms with Crippen molar-refractivity contribution in [2.45, 2.75) is 39.8 Å². The van der Waals surface area contributed by atoms with Gasteiger partial charge in [-0.2, -0.15) is 0 Å². The molecule has 2 atom stereocenters. The first-order valence-corrected chi connectivity index (χ1v) is 7.02. The Hall–Kier alpha value is -1.14. The molecule has 0 spiro atoms. The topological polar surface area (TPSA) is 74.4 Å². The molecule has 1 aliphatic heterocycles. The summed E-state index contributed by atoms with van der Waals surface area (Å²) in [5.74, 6) is 1.53. The zero-order chi connectivity index (χ0) is 13.8. The van der Waals surface area contributed by atoms with E-state index in [1.54, 1.807) is 0 Å². The van der Waals surface area contributed by atoms with Crippen LogP contribution in [0.5, 0.6) is 0 Å². The Balaban J connectivity index is 1.84. The van der Waals surface area contributed by atoms with Gasteiger partial charge in [0.15, 0.2) is 0 Å². The maximum absolute atomic E-state index is 9.59. The molecule has 19 heavy (non-hydrogen) atoms. The molecule has 6 nitrogen and oxygen atoms in total. The molecule has 2 unspecified atom stereocenters. The van der Waals surface area contributed by atoms with Crippen LogP contribution in [0.3, 0.4) is 0 Å². The number of hydrogen-bond donors (Lipinski definition) is 2. The molecule has 6 heteroatoms. The predicted molar refractivity (Wildman–Crippen MR) is 72.8 cm³/mol. The van der Waals surface area contributed by atoms with E-state index >= 15 is 0 Å². The Morgan fingerprint density at radius 1 is 1.42 bits per heavy atom. The number of aliphatic hydroxyl groups excluding tert-OH is 1. The van der Waals surface area contributed by atoms with Gasteiger partial charge in [0.05, 0.1) is 12.6 Å². The normalized spacial score (nSPS) is 21.3. The fourth-order valence-electron chi connectivity index (χ4n) is 2.27. The zero-order valence-corrected chi connectivity index (χ0v) is 12.0. The highest BCUT2D eigenvalue weighted by atomic mass is 16.4. The van der Waals surface area contributed by atoms with Crippen LogP contribution in [-0.2, 0) is 6.54 Å². The summed E-state index contributed by atoms with van der Waals surface area (Å²) < 4.78 is 5.64. The quantitative estimate of drug-likeness (QED) is 0.802. The van der Waals surface area contributed by atoms with E-state index in [1.807, 2.05) is 6.92 Å². The van der Waals surface area contributed by atoms with E-state index in [0.29, 0.717) is 30.3 Å². The number of rotatable bonds is 6.